The lowest BCUT2D eigenvalue weighted by Gasteiger charge is -2.28. The minimum atomic E-state index is -4.38. The van der Waals surface area contributed by atoms with E-state index in [0.29, 0.717) is 24.6 Å². The van der Waals surface area contributed by atoms with Crippen LogP contribution in [0.5, 0.6) is 0 Å². The Morgan fingerprint density at radius 2 is 1.77 bits per heavy atom. The third-order valence-corrected chi connectivity index (χ3v) is 4.90. The molecule has 30 heavy (non-hydrogen) atoms. The third-order valence-electron chi connectivity index (χ3n) is 4.90. The molecule has 2 aromatic rings. The average Bonchev–Trinajstić information content (AvgIpc) is 2.71. The zero-order chi connectivity index (χ0) is 21.6. The van der Waals surface area contributed by atoms with E-state index in [-0.39, 0.29) is 12.3 Å². The summed E-state index contributed by atoms with van der Waals surface area (Å²) in [6, 6.07) is 6.59. The minimum absolute atomic E-state index is 0.0260. The lowest BCUT2D eigenvalue weighted by molar-refractivity contribution is -0.137. The van der Waals surface area contributed by atoms with E-state index in [0.717, 1.165) is 49.6 Å². The summed E-state index contributed by atoms with van der Waals surface area (Å²) in [6.07, 6.45) is -0.776. The maximum Gasteiger partial charge on any atom is 0.416 e. The number of aromatic nitrogens is 2. The van der Waals surface area contributed by atoms with E-state index in [4.69, 9.17) is 0 Å². The van der Waals surface area contributed by atoms with Crippen molar-refractivity contribution < 1.29 is 18.0 Å². The first-order valence-corrected chi connectivity index (χ1v) is 10.1. The SMILES string of the molecule is Cc1cc(N2CCCCC2)nc(NCCNC(=O)Cc2ccc(C(F)(F)F)cc2)n1. The molecule has 2 heterocycles. The number of alkyl halides is 3. The smallest absolute Gasteiger partial charge is 0.356 e. The van der Waals surface area contributed by atoms with Crippen LogP contribution in [0.2, 0.25) is 0 Å². The highest BCUT2D eigenvalue weighted by atomic mass is 19.4. The number of hydrogen-bond acceptors (Lipinski definition) is 5. The number of piperidine rings is 1. The normalized spacial score (nSPS) is 14.5. The summed E-state index contributed by atoms with van der Waals surface area (Å²) in [5, 5.41) is 5.87. The predicted molar refractivity (Wildman–Crippen MR) is 109 cm³/mol. The number of benzene rings is 1. The molecule has 0 atom stereocenters. The Hall–Kier alpha value is -2.84. The summed E-state index contributed by atoms with van der Waals surface area (Å²) in [5.41, 5.74) is 0.680. The molecule has 1 aromatic carbocycles. The fourth-order valence-electron chi connectivity index (χ4n) is 3.35. The molecule has 1 aliphatic heterocycles. The number of halogens is 3. The molecule has 1 saturated heterocycles. The lowest BCUT2D eigenvalue weighted by Crippen LogP contribution is -2.31. The van der Waals surface area contributed by atoms with E-state index in [1.807, 2.05) is 13.0 Å². The van der Waals surface area contributed by atoms with Gasteiger partial charge in [0, 0.05) is 37.9 Å². The van der Waals surface area contributed by atoms with Gasteiger partial charge in [-0.05, 0) is 43.9 Å². The number of rotatable bonds is 7. The maximum atomic E-state index is 12.6. The van der Waals surface area contributed by atoms with Gasteiger partial charge in [-0.25, -0.2) is 4.98 Å². The molecule has 9 heteroatoms. The highest BCUT2D eigenvalue weighted by Gasteiger charge is 2.29. The first kappa shape index (κ1) is 21.9. The van der Waals surface area contributed by atoms with E-state index in [2.05, 4.69) is 25.5 Å². The summed E-state index contributed by atoms with van der Waals surface area (Å²) < 4.78 is 37.8. The number of anilines is 2. The second-order valence-corrected chi connectivity index (χ2v) is 7.39. The molecule has 0 unspecified atom stereocenters. The van der Waals surface area contributed by atoms with Gasteiger partial charge in [0.25, 0.3) is 0 Å². The van der Waals surface area contributed by atoms with Crippen LogP contribution in [-0.4, -0.2) is 42.1 Å². The van der Waals surface area contributed by atoms with Gasteiger partial charge in [0.15, 0.2) is 0 Å². The van der Waals surface area contributed by atoms with Crippen LogP contribution in [0.4, 0.5) is 24.9 Å². The van der Waals surface area contributed by atoms with E-state index in [1.54, 1.807) is 0 Å². The van der Waals surface area contributed by atoms with Crippen molar-refractivity contribution in [2.24, 2.45) is 0 Å². The molecule has 1 amide bonds. The number of carbonyl (C=O) groups is 1. The van der Waals surface area contributed by atoms with Crippen LogP contribution in [-0.2, 0) is 17.4 Å². The summed E-state index contributed by atoms with van der Waals surface area (Å²) >= 11 is 0. The molecule has 0 saturated carbocycles. The van der Waals surface area contributed by atoms with Gasteiger partial charge in [0.05, 0.1) is 12.0 Å². The van der Waals surface area contributed by atoms with Gasteiger partial charge in [-0.15, -0.1) is 0 Å². The van der Waals surface area contributed by atoms with Crippen molar-refractivity contribution in [3.05, 3.63) is 47.2 Å². The topological polar surface area (TPSA) is 70.2 Å². The molecule has 6 nitrogen and oxygen atoms in total. The monoisotopic (exact) mass is 421 g/mol. The Kier molecular flexibility index (Phi) is 7.12. The summed E-state index contributed by atoms with van der Waals surface area (Å²) in [6.45, 7) is 4.72. The molecule has 1 fully saturated rings. The first-order valence-electron chi connectivity index (χ1n) is 10.1. The van der Waals surface area contributed by atoms with Crippen LogP contribution in [0.25, 0.3) is 0 Å². The minimum Gasteiger partial charge on any atom is -0.356 e. The van der Waals surface area contributed by atoms with Crippen molar-refractivity contribution in [2.75, 3.05) is 36.4 Å². The van der Waals surface area contributed by atoms with Gasteiger partial charge in [-0.3, -0.25) is 4.79 Å². The summed E-state index contributed by atoms with van der Waals surface area (Å²) in [7, 11) is 0. The van der Waals surface area contributed by atoms with Gasteiger partial charge >= 0.3 is 6.18 Å². The second-order valence-electron chi connectivity index (χ2n) is 7.39. The Morgan fingerprint density at radius 1 is 1.07 bits per heavy atom. The van der Waals surface area contributed by atoms with Gasteiger partial charge in [0.2, 0.25) is 11.9 Å². The van der Waals surface area contributed by atoms with Gasteiger partial charge in [-0.1, -0.05) is 12.1 Å². The van der Waals surface area contributed by atoms with Crippen LogP contribution in [0.1, 0.15) is 36.1 Å². The van der Waals surface area contributed by atoms with Crippen LogP contribution >= 0.6 is 0 Å². The average molecular weight is 421 g/mol. The molecular weight excluding hydrogens is 395 g/mol. The van der Waals surface area contributed by atoms with Crippen molar-refractivity contribution in [3.8, 4) is 0 Å². The fraction of sp³-hybridized carbons (Fsp3) is 0.476. The van der Waals surface area contributed by atoms with Crippen molar-refractivity contribution >= 4 is 17.7 Å². The standard InChI is InChI=1S/C21H26F3N5O/c1-15-13-18(29-11-3-2-4-12-29)28-20(27-15)26-10-9-25-19(30)14-16-5-7-17(8-6-16)21(22,23)24/h5-8,13H,2-4,9-12,14H2,1H3,(H,25,30)(H,26,27,28). The Labute approximate surface area is 173 Å². The molecule has 0 bridgehead atoms. The number of aryl methyl sites for hydroxylation is 1. The molecular formula is C21H26F3N5O. The van der Waals surface area contributed by atoms with Gasteiger partial charge in [-0.2, -0.15) is 18.2 Å². The fourth-order valence-corrected chi connectivity index (χ4v) is 3.35. The highest BCUT2D eigenvalue weighted by Crippen LogP contribution is 2.29. The van der Waals surface area contributed by atoms with Crippen LogP contribution in [0.15, 0.2) is 30.3 Å². The Bertz CT molecular complexity index is 849. The molecule has 1 aromatic heterocycles. The lowest BCUT2D eigenvalue weighted by atomic mass is 10.1. The van der Waals surface area contributed by atoms with Crippen molar-refractivity contribution in [1.29, 1.82) is 0 Å². The zero-order valence-corrected chi connectivity index (χ0v) is 16.9. The van der Waals surface area contributed by atoms with Gasteiger partial charge in [0.1, 0.15) is 5.82 Å². The van der Waals surface area contributed by atoms with Crippen molar-refractivity contribution in [3.63, 3.8) is 0 Å². The molecule has 0 spiro atoms. The third kappa shape index (κ3) is 6.33. The molecule has 3 rings (SSSR count). The first-order chi connectivity index (χ1) is 14.3. The maximum absolute atomic E-state index is 12.6. The molecule has 0 aliphatic carbocycles. The zero-order valence-electron chi connectivity index (χ0n) is 16.9. The van der Waals surface area contributed by atoms with Gasteiger partial charge < -0.3 is 15.5 Å². The predicted octanol–water partition coefficient (Wildman–Crippen LogP) is 3.56. The number of nitrogens with zero attached hydrogens (tertiary/aromatic N) is 3. The van der Waals surface area contributed by atoms with E-state index in [1.165, 1.54) is 18.6 Å². The molecule has 1 aliphatic rings. The van der Waals surface area contributed by atoms with Crippen molar-refractivity contribution in [1.82, 2.24) is 15.3 Å². The second kappa shape index (κ2) is 9.77. The molecule has 0 radical (unpaired) electrons. The largest absolute Gasteiger partial charge is 0.416 e. The number of hydrogen-bond donors (Lipinski definition) is 2. The molecule has 2 N–H and O–H groups in total. The van der Waals surface area contributed by atoms with Crippen molar-refractivity contribution in [2.45, 2.75) is 38.8 Å². The summed E-state index contributed by atoms with van der Waals surface area (Å²) in [5.74, 6) is 1.18. The van der Waals surface area contributed by atoms with E-state index < -0.39 is 11.7 Å². The Balaban J connectivity index is 1.44. The van der Waals surface area contributed by atoms with E-state index >= 15 is 0 Å². The highest BCUT2D eigenvalue weighted by molar-refractivity contribution is 5.78. The molecule has 162 valence electrons. The number of nitrogens with one attached hydrogen (secondary N) is 2. The van der Waals surface area contributed by atoms with Crippen LogP contribution in [0.3, 0.4) is 0 Å². The quantitative estimate of drug-likeness (QED) is 0.669. The van der Waals surface area contributed by atoms with E-state index in [9.17, 15) is 18.0 Å². The summed E-state index contributed by atoms with van der Waals surface area (Å²) in [4.78, 5) is 23.2. The Morgan fingerprint density at radius 3 is 2.43 bits per heavy atom. The number of amides is 1. The van der Waals surface area contributed by atoms with Crippen LogP contribution in [0, 0.1) is 6.92 Å². The number of carbonyl (C=O) groups excluding carboxylic acids is 1. The van der Waals surface area contributed by atoms with Crippen LogP contribution < -0.4 is 15.5 Å².